The quantitative estimate of drug-likeness (QED) is 0.750. The lowest BCUT2D eigenvalue weighted by Gasteiger charge is -2.24. The predicted molar refractivity (Wildman–Crippen MR) is 98.3 cm³/mol. The Kier molecular flexibility index (Phi) is 5.55. The highest BCUT2D eigenvalue weighted by Gasteiger charge is 2.36. The Morgan fingerprint density at radius 2 is 1.81 bits per heavy atom. The van der Waals surface area contributed by atoms with Crippen molar-refractivity contribution in [1.29, 1.82) is 0 Å². The van der Waals surface area contributed by atoms with Crippen LogP contribution in [-0.4, -0.2) is 29.3 Å². The van der Waals surface area contributed by atoms with Gasteiger partial charge in [0.05, 0.1) is 5.56 Å². The number of nitrogens with one attached hydrogen (secondary N) is 1. The van der Waals surface area contributed by atoms with Crippen LogP contribution in [0.25, 0.3) is 0 Å². The van der Waals surface area contributed by atoms with Crippen LogP contribution in [-0.2, 0) is 11.0 Å². The highest BCUT2D eigenvalue weighted by atomic mass is 79.9. The summed E-state index contributed by atoms with van der Waals surface area (Å²) in [5, 5.41) is 2.75. The molecule has 1 N–H and O–H groups in total. The fourth-order valence-electron chi connectivity index (χ4n) is 3.04. The molecule has 1 atom stereocenters. The molecule has 8 heteroatoms. The fraction of sp³-hybridized carbons (Fsp3) is 0.263. The molecule has 4 nitrogen and oxygen atoms in total. The SMILES string of the molecule is O=C(Nc1ccc(Br)cc1)C1CCCN1C(=O)c1cccc(C(F)(F)F)c1. The predicted octanol–water partition coefficient (Wildman–Crippen LogP) is 4.71. The molecule has 1 aliphatic rings. The summed E-state index contributed by atoms with van der Waals surface area (Å²) in [6.45, 7) is 0.327. The van der Waals surface area contributed by atoms with E-state index in [4.69, 9.17) is 0 Å². The van der Waals surface area contributed by atoms with Crippen molar-refractivity contribution in [2.45, 2.75) is 25.1 Å². The van der Waals surface area contributed by atoms with Gasteiger partial charge in [-0.2, -0.15) is 13.2 Å². The third kappa shape index (κ3) is 4.50. The number of halogens is 4. The van der Waals surface area contributed by atoms with Gasteiger partial charge in [0.2, 0.25) is 5.91 Å². The van der Waals surface area contributed by atoms with Crippen LogP contribution in [0, 0.1) is 0 Å². The molecule has 0 aromatic heterocycles. The Morgan fingerprint density at radius 1 is 1.11 bits per heavy atom. The van der Waals surface area contributed by atoms with Gasteiger partial charge in [-0.05, 0) is 55.3 Å². The molecule has 0 radical (unpaired) electrons. The maximum absolute atomic E-state index is 12.9. The van der Waals surface area contributed by atoms with E-state index in [0.717, 1.165) is 16.6 Å². The standard InChI is InChI=1S/C19H16BrF3N2O2/c20-14-6-8-15(9-7-14)24-17(26)16-5-2-10-25(16)18(27)12-3-1-4-13(11-12)19(21,22)23/h1,3-4,6-9,11,16H,2,5,10H2,(H,24,26). The lowest BCUT2D eigenvalue weighted by Crippen LogP contribution is -2.43. The van der Waals surface area contributed by atoms with Crippen molar-refractivity contribution < 1.29 is 22.8 Å². The number of alkyl halides is 3. The minimum Gasteiger partial charge on any atom is -0.327 e. The zero-order valence-corrected chi connectivity index (χ0v) is 15.7. The number of nitrogens with zero attached hydrogens (tertiary/aromatic N) is 1. The van der Waals surface area contributed by atoms with Gasteiger partial charge < -0.3 is 10.2 Å². The van der Waals surface area contributed by atoms with Crippen LogP contribution >= 0.6 is 15.9 Å². The van der Waals surface area contributed by atoms with Crippen molar-refractivity contribution in [1.82, 2.24) is 4.90 Å². The summed E-state index contributed by atoms with van der Waals surface area (Å²) in [4.78, 5) is 26.6. The highest BCUT2D eigenvalue weighted by Crippen LogP contribution is 2.30. The lowest BCUT2D eigenvalue weighted by atomic mass is 10.1. The Labute approximate surface area is 162 Å². The Balaban J connectivity index is 1.76. The molecule has 1 saturated heterocycles. The third-order valence-corrected chi connectivity index (χ3v) is 4.89. The monoisotopic (exact) mass is 440 g/mol. The Bertz CT molecular complexity index is 853. The molecule has 3 rings (SSSR count). The molecule has 0 spiro atoms. The number of hydrogen-bond acceptors (Lipinski definition) is 2. The van der Waals surface area contributed by atoms with Crippen LogP contribution in [0.15, 0.2) is 53.0 Å². The summed E-state index contributed by atoms with van der Waals surface area (Å²) in [5.41, 5.74) is -0.377. The smallest absolute Gasteiger partial charge is 0.327 e. The van der Waals surface area contributed by atoms with Gasteiger partial charge in [-0.15, -0.1) is 0 Å². The van der Waals surface area contributed by atoms with E-state index in [0.29, 0.717) is 25.1 Å². The maximum Gasteiger partial charge on any atom is 0.416 e. The number of amides is 2. The highest BCUT2D eigenvalue weighted by molar-refractivity contribution is 9.10. The minimum atomic E-state index is -4.53. The first-order chi connectivity index (χ1) is 12.8. The summed E-state index contributed by atoms with van der Waals surface area (Å²) >= 11 is 3.31. The zero-order chi connectivity index (χ0) is 19.6. The number of anilines is 1. The number of carbonyl (C=O) groups is 2. The molecular formula is C19H16BrF3N2O2. The summed E-state index contributed by atoms with van der Waals surface area (Å²) < 4.78 is 39.5. The molecule has 1 unspecified atom stereocenters. The van der Waals surface area contributed by atoms with Crippen LogP contribution in [0.2, 0.25) is 0 Å². The van der Waals surface area contributed by atoms with Crippen molar-refractivity contribution in [3.63, 3.8) is 0 Å². The van der Waals surface area contributed by atoms with Gasteiger partial charge in [-0.3, -0.25) is 9.59 Å². The number of rotatable bonds is 3. The van der Waals surface area contributed by atoms with E-state index in [1.807, 2.05) is 0 Å². The van der Waals surface area contributed by atoms with Gasteiger partial charge in [0, 0.05) is 22.3 Å². The zero-order valence-electron chi connectivity index (χ0n) is 14.1. The molecule has 1 fully saturated rings. The van der Waals surface area contributed by atoms with Gasteiger partial charge >= 0.3 is 6.18 Å². The van der Waals surface area contributed by atoms with Gasteiger partial charge in [-0.1, -0.05) is 22.0 Å². The molecule has 0 aliphatic carbocycles. The third-order valence-electron chi connectivity index (χ3n) is 4.36. The first-order valence-electron chi connectivity index (χ1n) is 8.30. The normalized spacial score (nSPS) is 17.0. The van der Waals surface area contributed by atoms with E-state index < -0.39 is 23.7 Å². The van der Waals surface area contributed by atoms with Crippen LogP contribution < -0.4 is 5.32 Å². The van der Waals surface area contributed by atoms with Crippen LogP contribution in [0.3, 0.4) is 0 Å². The molecule has 2 aromatic carbocycles. The minimum absolute atomic E-state index is 0.0758. The van der Waals surface area contributed by atoms with E-state index in [2.05, 4.69) is 21.2 Å². The first-order valence-corrected chi connectivity index (χ1v) is 9.09. The summed E-state index contributed by atoms with van der Waals surface area (Å²) in [6.07, 6.45) is -3.45. The topological polar surface area (TPSA) is 49.4 Å². The van der Waals surface area contributed by atoms with Crippen molar-refractivity contribution in [3.8, 4) is 0 Å². The van der Waals surface area contributed by atoms with Crippen molar-refractivity contribution in [3.05, 3.63) is 64.1 Å². The maximum atomic E-state index is 12.9. The number of benzene rings is 2. The second kappa shape index (κ2) is 7.72. The van der Waals surface area contributed by atoms with E-state index in [1.165, 1.54) is 17.0 Å². The molecule has 0 bridgehead atoms. The molecule has 0 saturated carbocycles. The molecule has 27 heavy (non-hydrogen) atoms. The summed E-state index contributed by atoms with van der Waals surface area (Å²) in [7, 11) is 0. The summed E-state index contributed by atoms with van der Waals surface area (Å²) in [5.74, 6) is -0.926. The van der Waals surface area contributed by atoms with E-state index in [1.54, 1.807) is 24.3 Å². The van der Waals surface area contributed by atoms with Gasteiger partial charge in [0.1, 0.15) is 6.04 Å². The Hall–Kier alpha value is -2.35. The van der Waals surface area contributed by atoms with Gasteiger partial charge in [0.25, 0.3) is 5.91 Å². The van der Waals surface area contributed by atoms with E-state index >= 15 is 0 Å². The molecule has 1 heterocycles. The van der Waals surface area contributed by atoms with Crippen LogP contribution in [0.4, 0.5) is 18.9 Å². The first kappa shape index (κ1) is 19.4. The molecule has 2 aromatic rings. The van der Waals surface area contributed by atoms with E-state index in [9.17, 15) is 22.8 Å². The molecular weight excluding hydrogens is 425 g/mol. The average Bonchev–Trinajstić information content (AvgIpc) is 3.12. The largest absolute Gasteiger partial charge is 0.416 e. The molecule has 2 amide bonds. The second-order valence-corrected chi connectivity index (χ2v) is 7.15. The Morgan fingerprint density at radius 3 is 2.48 bits per heavy atom. The number of carbonyl (C=O) groups excluding carboxylic acids is 2. The number of likely N-dealkylation sites (tertiary alicyclic amines) is 1. The van der Waals surface area contributed by atoms with Gasteiger partial charge in [0.15, 0.2) is 0 Å². The summed E-state index contributed by atoms with van der Waals surface area (Å²) in [6, 6.07) is 10.5. The average molecular weight is 441 g/mol. The van der Waals surface area contributed by atoms with E-state index in [-0.39, 0.29) is 11.5 Å². The van der Waals surface area contributed by atoms with Crippen LogP contribution in [0.1, 0.15) is 28.8 Å². The molecule has 142 valence electrons. The van der Waals surface area contributed by atoms with Crippen molar-refractivity contribution >= 4 is 33.4 Å². The number of hydrogen-bond donors (Lipinski definition) is 1. The van der Waals surface area contributed by atoms with Gasteiger partial charge in [-0.25, -0.2) is 0 Å². The van der Waals surface area contributed by atoms with Crippen molar-refractivity contribution in [2.24, 2.45) is 0 Å². The van der Waals surface area contributed by atoms with Crippen molar-refractivity contribution in [2.75, 3.05) is 11.9 Å². The fourth-order valence-corrected chi connectivity index (χ4v) is 3.30. The second-order valence-electron chi connectivity index (χ2n) is 6.23. The lowest BCUT2D eigenvalue weighted by molar-refractivity contribution is -0.137. The van der Waals surface area contributed by atoms with Crippen LogP contribution in [0.5, 0.6) is 0 Å². The molecule has 1 aliphatic heterocycles.